The summed E-state index contributed by atoms with van der Waals surface area (Å²) in [6.07, 6.45) is -0.924. The summed E-state index contributed by atoms with van der Waals surface area (Å²) in [5.74, 6) is 0.133. The highest BCUT2D eigenvalue weighted by Crippen LogP contribution is 2.62. The summed E-state index contributed by atoms with van der Waals surface area (Å²) in [6, 6.07) is 0. The molecule has 27 heavy (non-hydrogen) atoms. The van der Waals surface area contributed by atoms with E-state index >= 15 is 0 Å². The minimum Gasteiger partial charge on any atom is -0.382 e. The van der Waals surface area contributed by atoms with Crippen molar-refractivity contribution in [2.75, 3.05) is 18.1 Å². The third-order valence-electron chi connectivity index (χ3n) is 4.05. The van der Waals surface area contributed by atoms with Crippen LogP contribution in [0.5, 0.6) is 0 Å². The second-order valence-corrected chi connectivity index (χ2v) is 10.8. The molecular formula is C13H17Cl2N6O4PS. The maximum atomic E-state index is 6.66. The minimum absolute atomic E-state index is 0.00711. The first-order valence-electron chi connectivity index (χ1n) is 8.01. The second kappa shape index (κ2) is 6.64. The van der Waals surface area contributed by atoms with Gasteiger partial charge in [0, 0.05) is 0 Å². The summed E-state index contributed by atoms with van der Waals surface area (Å²) in [5.41, 5.74) is 12.2. The van der Waals surface area contributed by atoms with Crippen LogP contribution in [0.25, 0.3) is 11.2 Å². The molecule has 0 radical (unpaired) electrons. The molecule has 2 aliphatic rings. The molecule has 2 fully saturated rings. The summed E-state index contributed by atoms with van der Waals surface area (Å²) in [7, 11) is 0. The molecule has 4 N–H and O–H groups in total. The van der Waals surface area contributed by atoms with E-state index in [1.165, 1.54) is 10.9 Å². The number of hydrogen-bond acceptors (Lipinski definition) is 10. The van der Waals surface area contributed by atoms with Crippen LogP contribution in [0.2, 0.25) is 0 Å². The molecule has 0 saturated carbocycles. The normalized spacial score (nSPS) is 32.9. The fraction of sp³-hybridized carbons (Fsp3) is 0.615. The molecule has 4 atom stereocenters. The zero-order valence-electron chi connectivity index (χ0n) is 14.3. The van der Waals surface area contributed by atoms with Crippen molar-refractivity contribution in [3.63, 3.8) is 0 Å². The Morgan fingerprint density at radius 2 is 2.15 bits per heavy atom. The van der Waals surface area contributed by atoms with Gasteiger partial charge in [0.15, 0.2) is 22.0 Å². The van der Waals surface area contributed by atoms with Gasteiger partial charge in [-0.25, -0.2) is 4.98 Å². The van der Waals surface area contributed by atoms with Crippen molar-refractivity contribution >= 4 is 64.7 Å². The molecule has 0 aromatic carbocycles. The Morgan fingerprint density at radius 3 is 2.85 bits per heavy atom. The fourth-order valence-corrected chi connectivity index (χ4v) is 6.39. The first-order chi connectivity index (χ1) is 12.6. The van der Waals surface area contributed by atoms with Gasteiger partial charge in [-0.1, -0.05) is 23.2 Å². The first kappa shape index (κ1) is 19.5. The number of nitrogens with two attached hydrogens (primary N) is 2. The van der Waals surface area contributed by atoms with Crippen LogP contribution < -0.4 is 11.5 Å². The Bertz CT molecular complexity index is 943. The molecule has 2 aromatic heterocycles. The molecule has 0 unspecified atom stereocenters. The van der Waals surface area contributed by atoms with E-state index in [1.807, 2.05) is 13.8 Å². The van der Waals surface area contributed by atoms with Crippen molar-refractivity contribution in [1.29, 1.82) is 0 Å². The first-order valence-corrected chi connectivity index (χ1v) is 11.3. The Balaban J connectivity index is 1.70. The molecule has 0 aliphatic carbocycles. The Kier molecular flexibility index (Phi) is 4.80. The fourth-order valence-electron chi connectivity index (χ4n) is 3.01. The molecule has 0 bridgehead atoms. The lowest BCUT2D eigenvalue weighted by molar-refractivity contribution is -0.0632. The molecule has 0 amide bonds. The van der Waals surface area contributed by atoms with E-state index in [2.05, 4.69) is 15.0 Å². The van der Waals surface area contributed by atoms with Crippen LogP contribution >= 0.6 is 29.9 Å². The summed E-state index contributed by atoms with van der Waals surface area (Å²) in [6.45, 7) is 0.814. The maximum absolute atomic E-state index is 6.66. The summed E-state index contributed by atoms with van der Waals surface area (Å²) in [5, 5.41) is 0. The van der Waals surface area contributed by atoms with Crippen molar-refractivity contribution in [3.8, 4) is 0 Å². The van der Waals surface area contributed by atoms with Crippen LogP contribution in [0.15, 0.2) is 6.33 Å². The van der Waals surface area contributed by atoms with Gasteiger partial charge in [0.1, 0.15) is 17.7 Å². The molecule has 2 aliphatic heterocycles. The van der Waals surface area contributed by atoms with Crippen LogP contribution in [-0.2, 0) is 30.1 Å². The average molecular weight is 455 g/mol. The smallest absolute Gasteiger partial charge is 0.327 e. The van der Waals surface area contributed by atoms with E-state index in [9.17, 15) is 0 Å². The standard InChI is InChI=1S/C13H17Cl2N6O4PS/c1-5(2)24-26(27)22-3-6-8(25-26)13(14,15)11(23-6)21-4-18-7-9(16)19-12(17)20-10(7)21/h4-6,8,11H,3H2,1-2H3,(H4,16,17,19,20)/t6-,8-,11-,26-/m1/s1. The number of nitrogens with zero attached hydrogens (tertiary/aromatic N) is 4. The molecule has 14 heteroatoms. The summed E-state index contributed by atoms with van der Waals surface area (Å²) >= 11 is 18.7. The van der Waals surface area contributed by atoms with E-state index in [4.69, 9.17) is 64.8 Å². The van der Waals surface area contributed by atoms with Gasteiger partial charge in [-0.15, -0.1) is 0 Å². The monoisotopic (exact) mass is 454 g/mol. The van der Waals surface area contributed by atoms with Gasteiger partial charge in [-0.2, -0.15) is 9.97 Å². The van der Waals surface area contributed by atoms with Crippen LogP contribution in [-0.4, -0.2) is 48.8 Å². The van der Waals surface area contributed by atoms with E-state index < -0.39 is 29.5 Å². The SMILES string of the molecule is CC(C)O[P@]1(=S)OC[C@H]2O[C@@H](n3cnc4c(N)nc(N)nc43)C(Cl)(Cl)[C@@H]2O1. The molecule has 2 saturated heterocycles. The van der Waals surface area contributed by atoms with Gasteiger partial charge >= 0.3 is 6.72 Å². The minimum atomic E-state index is -2.99. The molecular weight excluding hydrogens is 438 g/mol. The lowest BCUT2D eigenvalue weighted by Gasteiger charge is -2.36. The topological polar surface area (TPSA) is 133 Å². The number of hydrogen-bond donors (Lipinski definition) is 2. The van der Waals surface area contributed by atoms with E-state index in [-0.39, 0.29) is 24.5 Å². The lowest BCUT2D eigenvalue weighted by atomic mass is 10.2. The van der Waals surface area contributed by atoms with Crippen molar-refractivity contribution in [1.82, 2.24) is 19.5 Å². The van der Waals surface area contributed by atoms with Gasteiger partial charge in [0.2, 0.25) is 5.95 Å². The summed E-state index contributed by atoms with van der Waals surface area (Å²) in [4.78, 5) is 12.3. The van der Waals surface area contributed by atoms with Gasteiger partial charge in [-0.05, 0) is 25.7 Å². The number of alkyl halides is 2. The van der Waals surface area contributed by atoms with E-state index in [1.54, 1.807) is 0 Å². The van der Waals surface area contributed by atoms with Crippen molar-refractivity contribution < 1.29 is 18.3 Å². The third kappa shape index (κ3) is 3.30. The van der Waals surface area contributed by atoms with Crippen molar-refractivity contribution in [3.05, 3.63) is 6.33 Å². The largest absolute Gasteiger partial charge is 0.382 e. The van der Waals surface area contributed by atoms with Gasteiger partial charge in [-0.3, -0.25) is 9.09 Å². The van der Waals surface area contributed by atoms with Crippen molar-refractivity contribution in [2.45, 2.75) is 42.7 Å². The summed E-state index contributed by atoms with van der Waals surface area (Å²) < 4.78 is 23.2. The Labute approximate surface area is 169 Å². The van der Waals surface area contributed by atoms with Gasteiger partial charge in [0.25, 0.3) is 0 Å². The average Bonchev–Trinajstić information content (AvgIpc) is 3.05. The molecule has 4 rings (SSSR count). The van der Waals surface area contributed by atoms with Crippen LogP contribution in [0, 0.1) is 0 Å². The predicted molar refractivity (Wildman–Crippen MR) is 104 cm³/mol. The van der Waals surface area contributed by atoms with E-state index in [0.29, 0.717) is 11.2 Å². The van der Waals surface area contributed by atoms with Crippen LogP contribution in [0.1, 0.15) is 20.1 Å². The van der Waals surface area contributed by atoms with Crippen molar-refractivity contribution in [2.24, 2.45) is 0 Å². The van der Waals surface area contributed by atoms with E-state index in [0.717, 1.165) is 0 Å². The number of fused-ring (bicyclic) bond motifs is 2. The third-order valence-corrected chi connectivity index (χ3v) is 7.31. The number of rotatable bonds is 3. The number of aromatic nitrogens is 4. The van der Waals surface area contributed by atoms with Crippen LogP contribution in [0.4, 0.5) is 11.8 Å². The highest BCUT2D eigenvalue weighted by molar-refractivity contribution is 8.07. The molecule has 2 aromatic rings. The maximum Gasteiger partial charge on any atom is 0.327 e. The zero-order chi connectivity index (χ0) is 19.6. The molecule has 0 spiro atoms. The van der Waals surface area contributed by atoms with Crippen LogP contribution in [0.3, 0.4) is 0 Å². The number of halogens is 2. The highest BCUT2D eigenvalue weighted by Gasteiger charge is 2.61. The molecule has 4 heterocycles. The van der Waals surface area contributed by atoms with Gasteiger partial charge in [0.05, 0.1) is 19.0 Å². The zero-order valence-corrected chi connectivity index (χ0v) is 17.5. The molecule has 148 valence electrons. The second-order valence-electron chi connectivity index (χ2n) is 6.42. The number of ether oxygens (including phenoxy) is 1. The Hall–Kier alpha value is -0.780. The number of nitrogen functional groups attached to an aromatic ring is 2. The number of anilines is 2. The predicted octanol–water partition coefficient (Wildman–Crippen LogP) is 2.13. The highest BCUT2D eigenvalue weighted by atomic mass is 35.5. The molecule has 10 nitrogen and oxygen atoms in total. The number of imidazole rings is 1. The lowest BCUT2D eigenvalue weighted by Crippen LogP contribution is -2.42. The quantitative estimate of drug-likeness (QED) is 0.524. The van der Waals surface area contributed by atoms with Gasteiger partial charge < -0.3 is 25.3 Å². The Morgan fingerprint density at radius 1 is 1.41 bits per heavy atom.